The molecular formula is C14H22N2O2. The van der Waals surface area contributed by atoms with Crippen LogP contribution in [0.1, 0.15) is 35.6 Å². The Balaban J connectivity index is 1.84. The van der Waals surface area contributed by atoms with E-state index < -0.39 is 0 Å². The molecule has 1 aromatic heterocycles. The molecule has 1 aliphatic heterocycles. The van der Waals surface area contributed by atoms with Gasteiger partial charge in [-0.05, 0) is 57.8 Å². The Morgan fingerprint density at radius 1 is 1.44 bits per heavy atom. The molecule has 18 heavy (non-hydrogen) atoms. The first kappa shape index (κ1) is 13.1. The molecule has 4 heteroatoms. The summed E-state index contributed by atoms with van der Waals surface area (Å²) in [5, 5.41) is 3.18. The van der Waals surface area contributed by atoms with Gasteiger partial charge in [0.25, 0.3) is 5.91 Å². The molecule has 2 rings (SSSR count). The molecule has 0 saturated carbocycles. The number of carbonyl (C=O) groups excluding carboxylic acids is 1. The lowest BCUT2D eigenvalue weighted by Crippen LogP contribution is -2.38. The second-order valence-corrected chi connectivity index (χ2v) is 5.04. The van der Waals surface area contributed by atoms with Crippen molar-refractivity contribution in [2.75, 3.05) is 26.7 Å². The summed E-state index contributed by atoms with van der Waals surface area (Å²) in [6, 6.07) is 3.61. The number of piperidine rings is 1. The van der Waals surface area contributed by atoms with Gasteiger partial charge >= 0.3 is 0 Å². The molecule has 100 valence electrons. The third-order valence-corrected chi connectivity index (χ3v) is 3.66. The van der Waals surface area contributed by atoms with Crippen LogP contribution in [0.3, 0.4) is 0 Å². The summed E-state index contributed by atoms with van der Waals surface area (Å²) in [5.74, 6) is 2.05. The maximum atomic E-state index is 12.2. The zero-order valence-corrected chi connectivity index (χ0v) is 11.2. The topological polar surface area (TPSA) is 45.5 Å². The third kappa shape index (κ3) is 3.13. The maximum Gasteiger partial charge on any atom is 0.289 e. The molecule has 0 aliphatic carbocycles. The quantitative estimate of drug-likeness (QED) is 0.889. The molecule has 0 aromatic carbocycles. The number of nitrogens with one attached hydrogen (secondary N) is 1. The minimum Gasteiger partial charge on any atom is -0.456 e. The highest BCUT2D eigenvalue weighted by Gasteiger charge is 2.24. The van der Waals surface area contributed by atoms with Crippen molar-refractivity contribution < 1.29 is 9.21 Å². The first-order valence-electron chi connectivity index (χ1n) is 6.71. The lowest BCUT2D eigenvalue weighted by atomic mass is 9.93. The maximum absolute atomic E-state index is 12.2. The molecule has 0 bridgehead atoms. The zero-order valence-electron chi connectivity index (χ0n) is 11.2. The summed E-state index contributed by atoms with van der Waals surface area (Å²) >= 11 is 0. The second kappa shape index (κ2) is 6.05. The summed E-state index contributed by atoms with van der Waals surface area (Å²) in [7, 11) is 1.98. The van der Waals surface area contributed by atoms with Crippen molar-refractivity contribution in [3.05, 3.63) is 23.7 Å². The van der Waals surface area contributed by atoms with Gasteiger partial charge in [0.1, 0.15) is 5.76 Å². The van der Waals surface area contributed by atoms with E-state index in [1.54, 1.807) is 6.07 Å². The van der Waals surface area contributed by atoms with Crippen molar-refractivity contribution in [2.45, 2.75) is 26.2 Å². The summed E-state index contributed by atoms with van der Waals surface area (Å²) in [6.07, 6.45) is 3.42. The summed E-state index contributed by atoms with van der Waals surface area (Å²) in [4.78, 5) is 14.1. The lowest BCUT2D eigenvalue weighted by molar-refractivity contribution is 0.0654. The van der Waals surface area contributed by atoms with Crippen LogP contribution in [0.25, 0.3) is 0 Å². The smallest absolute Gasteiger partial charge is 0.289 e. The van der Waals surface area contributed by atoms with Gasteiger partial charge < -0.3 is 14.6 Å². The van der Waals surface area contributed by atoms with Crippen molar-refractivity contribution in [1.82, 2.24) is 10.2 Å². The van der Waals surface area contributed by atoms with Gasteiger partial charge in [-0.2, -0.15) is 0 Å². The van der Waals surface area contributed by atoms with Crippen LogP contribution in [0.2, 0.25) is 0 Å². The monoisotopic (exact) mass is 250 g/mol. The Morgan fingerprint density at radius 3 is 2.72 bits per heavy atom. The Labute approximate surface area is 108 Å². The normalized spacial score (nSPS) is 17.1. The van der Waals surface area contributed by atoms with Crippen LogP contribution in [0.4, 0.5) is 0 Å². The van der Waals surface area contributed by atoms with Gasteiger partial charge in [-0.1, -0.05) is 0 Å². The number of likely N-dealkylation sites (tertiary alicyclic amines) is 1. The fourth-order valence-electron chi connectivity index (χ4n) is 2.48. The number of hydrogen-bond acceptors (Lipinski definition) is 3. The van der Waals surface area contributed by atoms with Crippen LogP contribution >= 0.6 is 0 Å². The number of carbonyl (C=O) groups is 1. The molecule has 1 aromatic rings. The van der Waals surface area contributed by atoms with Gasteiger partial charge in [0.15, 0.2) is 5.76 Å². The van der Waals surface area contributed by atoms with Crippen LogP contribution in [0, 0.1) is 12.8 Å². The third-order valence-electron chi connectivity index (χ3n) is 3.66. The molecule has 0 radical (unpaired) electrons. The molecule has 4 nitrogen and oxygen atoms in total. The number of furan rings is 1. The van der Waals surface area contributed by atoms with Crippen LogP contribution in [-0.2, 0) is 0 Å². The number of amides is 1. The summed E-state index contributed by atoms with van der Waals surface area (Å²) in [5.41, 5.74) is 0. The van der Waals surface area contributed by atoms with E-state index in [0.717, 1.165) is 44.2 Å². The number of nitrogens with zero attached hydrogens (tertiary/aromatic N) is 1. The SMILES string of the molecule is CNCCC1CCN(C(=O)c2ccc(C)o2)CC1. The minimum atomic E-state index is 0.0372. The molecule has 0 spiro atoms. The first-order chi connectivity index (χ1) is 8.70. The van der Waals surface area contributed by atoms with E-state index in [1.807, 2.05) is 24.9 Å². The van der Waals surface area contributed by atoms with E-state index in [1.165, 1.54) is 6.42 Å². The molecule has 0 atom stereocenters. The molecule has 1 saturated heterocycles. The molecule has 0 unspecified atom stereocenters. The van der Waals surface area contributed by atoms with E-state index in [0.29, 0.717) is 5.76 Å². The number of rotatable bonds is 4. The van der Waals surface area contributed by atoms with E-state index in [9.17, 15) is 4.79 Å². The van der Waals surface area contributed by atoms with Crippen molar-refractivity contribution >= 4 is 5.91 Å². The van der Waals surface area contributed by atoms with E-state index in [4.69, 9.17) is 4.42 Å². The van der Waals surface area contributed by atoms with Gasteiger partial charge in [-0.3, -0.25) is 4.79 Å². The molecular weight excluding hydrogens is 228 g/mol. The number of aryl methyl sites for hydroxylation is 1. The Hall–Kier alpha value is -1.29. The van der Waals surface area contributed by atoms with Crippen molar-refractivity contribution in [1.29, 1.82) is 0 Å². The van der Waals surface area contributed by atoms with E-state index in [2.05, 4.69) is 5.32 Å². The van der Waals surface area contributed by atoms with Gasteiger partial charge in [0, 0.05) is 13.1 Å². The molecule has 1 N–H and O–H groups in total. The van der Waals surface area contributed by atoms with Crippen LogP contribution in [-0.4, -0.2) is 37.5 Å². The van der Waals surface area contributed by atoms with Crippen molar-refractivity contribution in [3.63, 3.8) is 0 Å². The fraction of sp³-hybridized carbons (Fsp3) is 0.643. The highest BCUT2D eigenvalue weighted by atomic mass is 16.3. The molecule has 1 amide bonds. The summed E-state index contributed by atoms with van der Waals surface area (Å²) in [6.45, 7) is 4.64. The van der Waals surface area contributed by atoms with E-state index >= 15 is 0 Å². The highest BCUT2D eigenvalue weighted by Crippen LogP contribution is 2.21. The summed E-state index contributed by atoms with van der Waals surface area (Å²) < 4.78 is 5.39. The Morgan fingerprint density at radius 2 is 2.17 bits per heavy atom. The van der Waals surface area contributed by atoms with Gasteiger partial charge in [-0.15, -0.1) is 0 Å². The highest BCUT2D eigenvalue weighted by molar-refractivity contribution is 5.91. The number of hydrogen-bond donors (Lipinski definition) is 1. The first-order valence-corrected chi connectivity index (χ1v) is 6.71. The standard InChI is InChI=1S/C14H22N2O2/c1-11-3-4-13(18-11)14(17)16-9-6-12(7-10-16)5-8-15-2/h3-4,12,15H,5-10H2,1-2H3. The van der Waals surface area contributed by atoms with Crippen LogP contribution in [0.5, 0.6) is 0 Å². The van der Waals surface area contributed by atoms with Gasteiger partial charge in [0.2, 0.25) is 0 Å². The fourth-order valence-corrected chi connectivity index (χ4v) is 2.48. The Kier molecular flexibility index (Phi) is 4.42. The molecule has 1 aliphatic rings. The van der Waals surface area contributed by atoms with Crippen LogP contribution < -0.4 is 5.32 Å². The average molecular weight is 250 g/mol. The lowest BCUT2D eigenvalue weighted by Gasteiger charge is -2.31. The average Bonchev–Trinajstić information content (AvgIpc) is 2.83. The van der Waals surface area contributed by atoms with Crippen LogP contribution in [0.15, 0.2) is 16.5 Å². The van der Waals surface area contributed by atoms with Crippen molar-refractivity contribution in [3.8, 4) is 0 Å². The predicted octanol–water partition coefficient (Wildman–Crippen LogP) is 2.05. The second-order valence-electron chi connectivity index (χ2n) is 5.04. The molecule has 1 fully saturated rings. The van der Waals surface area contributed by atoms with Gasteiger partial charge in [-0.25, -0.2) is 0 Å². The zero-order chi connectivity index (χ0) is 13.0. The predicted molar refractivity (Wildman–Crippen MR) is 70.6 cm³/mol. The minimum absolute atomic E-state index is 0.0372. The largest absolute Gasteiger partial charge is 0.456 e. The molecule has 2 heterocycles. The van der Waals surface area contributed by atoms with Gasteiger partial charge in [0.05, 0.1) is 0 Å². The van der Waals surface area contributed by atoms with Crippen molar-refractivity contribution in [2.24, 2.45) is 5.92 Å². The Bertz CT molecular complexity index is 392. The van der Waals surface area contributed by atoms with E-state index in [-0.39, 0.29) is 5.91 Å².